The highest BCUT2D eigenvalue weighted by molar-refractivity contribution is 7.80. The van der Waals surface area contributed by atoms with Crippen LogP contribution in [0, 0.1) is 11.3 Å². The minimum absolute atomic E-state index is 0.180. The molecule has 29 heavy (non-hydrogen) atoms. The van der Waals surface area contributed by atoms with E-state index in [4.69, 9.17) is 18.0 Å². The first-order chi connectivity index (χ1) is 13.6. The molecule has 0 radical (unpaired) electrons. The van der Waals surface area contributed by atoms with Crippen LogP contribution in [0.25, 0.3) is 0 Å². The number of hydrogen-bond donors (Lipinski definition) is 3. The van der Waals surface area contributed by atoms with Gasteiger partial charge in [-0.3, -0.25) is 9.59 Å². The molecule has 1 aliphatic carbocycles. The molecule has 2 aromatic rings. The second kappa shape index (κ2) is 8.63. The van der Waals surface area contributed by atoms with Gasteiger partial charge in [-0.25, -0.2) is 0 Å². The Bertz CT molecular complexity index is 930. The third-order valence-corrected chi connectivity index (χ3v) is 6.80. The quantitative estimate of drug-likeness (QED) is 0.640. The average Bonchev–Trinajstić information content (AvgIpc) is 2.98. The summed E-state index contributed by atoms with van der Waals surface area (Å²) in [6.07, 6.45) is 3.03. The van der Waals surface area contributed by atoms with E-state index in [0.29, 0.717) is 16.5 Å². The van der Waals surface area contributed by atoms with E-state index in [1.165, 1.54) is 16.2 Å². The summed E-state index contributed by atoms with van der Waals surface area (Å²) in [5.74, 6) is -0.110. The number of thiophene rings is 1. The summed E-state index contributed by atoms with van der Waals surface area (Å²) in [5.41, 5.74) is 8.34. The molecule has 0 fully saturated rings. The van der Waals surface area contributed by atoms with Crippen molar-refractivity contribution in [3.05, 3.63) is 51.9 Å². The summed E-state index contributed by atoms with van der Waals surface area (Å²) in [4.78, 5) is 25.6. The van der Waals surface area contributed by atoms with Crippen molar-refractivity contribution in [1.29, 1.82) is 0 Å². The summed E-state index contributed by atoms with van der Waals surface area (Å²) in [6, 6.07) is 9.46. The summed E-state index contributed by atoms with van der Waals surface area (Å²) in [6.45, 7) is 6.76. The van der Waals surface area contributed by atoms with E-state index in [-0.39, 0.29) is 22.9 Å². The van der Waals surface area contributed by atoms with E-state index in [1.807, 2.05) is 30.3 Å². The van der Waals surface area contributed by atoms with Gasteiger partial charge in [0.2, 0.25) is 5.91 Å². The van der Waals surface area contributed by atoms with Crippen LogP contribution >= 0.6 is 23.6 Å². The number of carbonyl (C=O) groups is 2. The van der Waals surface area contributed by atoms with Crippen LogP contribution in [0.1, 0.15) is 53.6 Å². The molecule has 4 N–H and O–H groups in total. The third-order valence-electron chi connectivity index (χ3n) is 5.42. The Hall–Kier alpha value is -2.25. The molecule has 0 saturated heterocycles. The van der Waals surface area contributed by atoms with E-state index < -0.39 is 5.91 Å². The molecule has 0 spiro atoms. The van der Waals surface area contributed by atoms with Crippen molar-refractivity contribution in [2.45, 2.75) is 46.5 Å². The molecule has 2 amide bonds. The molecule has 1 aromatic heterocycles. The molecule has 0 saturated carbocycles. The van der Waals surface area contributed by atoms with Crippen molar-refractivity contribution >= 4 is 45.5 Å². The lowest BCUT2D eigenvalue weighted by Gasteiger charge is -2.33. The Morgan fingerprint density at radius 1 is 1.24 bits per heavy atom. The number of anilines is 1. The highest BCUT2D eigenvalue weighted by Crippen LogP contribution is 2.44. The number of nitrogens with two attached hydrogens (primary N) is 1. The van der Waals surface area contributed by atoms with Crippen molar-refractivity contribution in [2.24, 2.45) is 17.1 Å². The zero-order valence-electron chi connectivity index (χ0n) is 17.0. The summed E-state index contributed by atoms with van der Waals surface area (Å²) < 4.78 is 0. The van der Waals surface area contributed by atoms with Gasteiger partial charge in [0.15, 0.2) is 5.11 Å². The first-order valence-corrected chi connectivity index (χ1v) is 11.0. The number of fused-ring (bicyclic) bond motifs is 1. The molecule has 154 valence electrons. The smallest absolute Gasteiger partial charge is 0.251 e. The molecular weight excluding hydrogens is 402 g/mol. The summed E-state index contributed by atoms with van der Waals surface area (Å²) in [7, 11) is 0. The van der Waals surface area contributed by atoms with Gasteiger partial charge < -0.3 is 16.4 Å². The van der Waals surface area contributed by atoms with Gasteiger partial charge in [0, 0.05) is 4.88 Å². The van der Waals surface area contributed by atoms with E-state index in [0.717, 1.165) is 30.4 Å². The van der Waals surface area contributed by atoms with Gasteiger partial charge in [-0.1, -0.05) is 51.1 Å². The topological polar surface area (TPSA) is 84.2 Å². The molecule has 5 nitrogen and oxygen atoms in total. The molecule has 3 rings (SSSR count). The normalized spacial score (nSPS) is 16.0. The van der Waals surface area contributed by atoms with Crippen molar-refractivity contribution in [2.75, 3.05) is 5.32 Å². The van der Waals surface area contributed by atoms with Gasteiger partial charge in [0.1, 0.15) is 5.00 Å². The second-order valence-corrected chi connectivity index (χ2v) is 10.1. The maximum Gasteiger partial charge on any atom is 0.251 e. The number of rotatable bonds is 4. The molecule has 0 bridgehead atoms. The van der Waals surface area contributed by atoms with Crippen molar-refractivity contribution in [1.82, 2.24) is 5.32 Å². The van der Waals surface area contributed by atoms with Gasteiger partial charge in [-0.15, -0.1) is 11.3 Å². The first kappa shape index (κ1) is 21.5. The van der Waals surface area contributed by atoms with Crippen LogP contribution in [-0.2, 0) is 24.1 Å². The Morgan fingerprint density at radius 2 is 1.93 bits per heavy atom. The lowest BCUT2D eigenvalue weighted by atomic mass is 9.72. The SMILES string of the molecule is CC(C)(C)[C@@H]1CCc2c(sc(NC(=S)NC(=O)Cc3ccccc3)c2C(N)=O)C1. The summed E-state index contributed by atoms with van der Waals surface area (Å²) in [5, 5.41) is 6.54. The zero-order valence-corrected chi connectivity index (χ0v) is 18.6. The van der Waals surface area contributed by atoms with Crippen LogP contribution in [0.5, 0.6) is 0 Å². The molecule has 1 atom stereocenters. The number of primary amides is 1. The Balaban J connectivity index is 1.72. The number of thiocarbonyl (C=S) groups is 1. The largest absolute Gasteiger partial charge is 0.365 e. The van der Waals surface area contributed by atoms with E-state index >= 15 is 0 Å². The van der Waals surface area contributed by atoms with Gasteiger partial charge in [0.05, 0.1) is 12.0 Å². The lowest BCUT2D eigenvalue weighted by Crippen LogP contribution is -2.35. The van der Waals surface area contributed by atoms with Crippen LogP contribution in [0.15, 0.2) is 30.3 Å². The lowest BCUT2D eigenvalue weighted by molar-refractivity contribution is -0.119. The predicted octanol–water partition coefficient (Wildman–Crippen LogP) is 4.05. The summed E-state index contributed by atoms with van der Waals surface area (Å²) >= 11 is 6.83. The zero-order chi connectivity index (χ0) is 21.2. The fraction of sp³-hybridized carbons (Fsp3) is 0.409. The van der Waals surface area contributed by atoms with Gasteiger partial charge in [-0.05, 0) is 53.9 Å². The molecule has 7 heteroatoms. The highest BCUT2D eigenvalue weighted by Gasteiger charge is 2.33. The van der Waals surface area contributed by atoms with Crippen LogP contribution in [0.2, 0.25) is 0 Å². The van der Waals surface area contributed by atoms with Gasteiger partial charge in [0.25, 0.3) is 5.91 Å². The van der Waals surface area contributed by atoms with E-state index in [1.54, 1.807) is 0 Å². The monoisotopic (exact) mass is 429 g/mol. The maximum atomic E-state index is 12.3. The van der Waals surface area contributed by atoms with Crippen LogP contribution in [0.3, 0.4) is 0 Å². The molecule has 1 aliphatic rings. The van der Waals surface area contributed by atoms with Crippen LogP contribution < -0.4 is 16.4 Å². The maximum absolute atomic E-state index is 12.3. The van der Waals surface area contributed by atoms with E-state index in [2.05, 4.69) is 31.4 Å². The van der Waals surface area contributed by atoms with Gasteiger partial charge in [-0.2, -0.15) is 0 Å². The number of amides is 2. The highest BCUT2D eigenvalue weighted by atomic mass is 32.1. The number of carbonyl (C=O) groups excluding carboxylic acids is 2. The molecule has 0 unspecified atom stereocenters. The molecule has 0 aliphatic heterocycles. The number of nitrogens with one attached hydrogen (secondary N) is 2. The predicted molar refractivity (Wildman–Crippen MR) is 122 cm³/mol. The molecule has 1 heterocycles. The second-order valence-electron chi connectivity index (χ2n) is 8.54. The Kier molecular flexibility index (Phi) is 6.39. The van der Waals surface area contributed by atoms with Crippen LogP contribution in [-0.4, -0.2) is 16.9 Å². The fourth-order valence-electron chi connectivity index (χ4n) is 3.76. The van der Waals surface area contributed by atoms with Gasteiger partial charge >= 0.3 is 0 Å². The Labute approximate surface area is 181 Å². The van der Waals surface area contributed by atoms with Crippen LogP contribution in [0.4, 0.5) is 5.00 Å². The van der Waals surface area contributed by atoms with Crippen molar-refractivity contribution in [3.63, 3.8) is 0 Å². The molecular formula is C22H27N3O2S2. The average molecular weight is 430 g/mol. The standard InChI is InChI=1S/C22H27N3O2S2/c1-22(2,3)14-9-10-15-16(12-14)29-20(18(15)19(23)27)25-21(28)24-17(26)11-13-7-5-4-6-8-13/h4-8,14H,9-12H2,1-3H3,(H2,23,27)(H2,24,25,26,28)/t14-/m1/s1. The fourth-order valence-corrected chi connectivity index (χ4v) is 5.38. The first-order valence-electron chi connectivity index (χ1n) is 9.74. The van der Waals surface area contributed by atoms with E-state index in [9.17, 15) is 9.59 Å². The van der Waals surface area contributed by atoms with Crippen molar-refractivity contribution < 1.29 is 9.59 Å². The minimum atomic E-state index is -0.461. The third kappa shape index (κ3) is 5.22. The molecule has 1 aromatic carbocycles. The Morgan fingerprint density at radius 3 is 2.55 bits per heavy atom. The minimum Gasteiger partial charge on any atom is -0.365 e. The number of benzene rings is 1. The number of hydrogen-bond acceptors (Lipinski definition) is 4. The van der Waals surface area contributed by atoms with Crippen molar-refractivity contribution in [3.8, 4) is 0 Å².